The molecule has 0 bridgehead atoms. The molecule has 0 aliphatic heterocycles. The van der Waals surface area contributed by atoms with E-state index in [9.17, 15) is 4.79 Å². The van der Waals surface area contributed by atoms with Gasteiger partial charge in [0.25, 0.3) is 0 Å². The SMILES string of the molecule is COC[C@H](C)OC(=O)c1ccc(-n2cncn2)cc1C. The molecule has 0 saturated heterocycles. The quantitative estimate of drug-likeness (QED) is 0.778. The molecule has 0 spiro atoms. The normalized spacial score (nSPS) is 12.2. The Morgan fingerprint density at radius 3 is 2.85 bits per heavy atom. The lowest BCUT2D eigenvalue weighted by molar-refractivity contribution is 0.0119. The van der Waals surface area contributed by atoms with E-state index in [1.807, 2.05) is 13.0 Å². The van der Waals surface area contributed by atoms with Crippen LogP contribution in [0.25, 0.3) is 5.69 Å². The Bertz CT molecular complexity index is 581. The summed E-state index contributed by atoms with van der Waals surface area (Å²) in [7, 11) is 1.57. The summed E-state index contributed by atoms with van der Waals surface area (Å²) in [6, 6.07) is 5.40. The second-order valence-electron chi connectivity index (χ2n) is 4.51. The largest absolute Gasteiger partial charge is 0.457 e. The molecule has 6 nitrogen and oxygen atoms in total. The van der Waals surface area contributed by atoms with Crippen molar-refractivity contribution in [2.75, 3.05) is 13.7 Å². The lowest BCUT2D eigenvalue weighted by atomic mass is 10.1. The van der Waals surface area contributed by atoms with Crippen LogP contribution in [-0.2, 0) is 9.47 Å². The van der Waals surface area contributed by atoms with Crippen molar-refractivity contribution < 1.29 is 14.3 Å². The number of benzene rings is 1. The highest BCUT2D eigenvalue weighted by atomic mass is 16.6. The summed E-state index contributed by atoms with van der Waals surface area (Å²) in [5, 5.41) is 4.05. The summed E-state index contributed by atoms with van der Waals surface area (Å²) in [6.07, 6.45) is 2.79. The number of aromatic nitrogens is 3. The number of carbonyl (C=O) groups is 1. The molecule has 1 heterocycles. The van der Waals surface area contributed by atoms with Gasteiger partial charge >= 0.3 is 5.97 Å². The van der Waals surface area contributed by atoms with Gasteiger partial charge in [0.05, 0.1) is 17.9 Å². The van der Waals surface area contributed by atoms with Gasteiger partial charge in [0.1, 0.15) is 18.8 Å². The van der Waals surface area contributed by atoms with E-state index in [0.717, 1.165) is 11.3 Å². The van der Waals surface area contributed by atoms with Crippen molar-refractivity contribution >= 4 is 5.97 Å². The monoisotopic (exact) mass is 275 g/mol. The summed E-state index contributed by atoms with van der Waals surface area (Å²) in [5.41, 5.74) is 2.21. The van der Waals surface area contributed by atoms with Crippen molar-refractivity contribution in [3.63, 3.8) is 0 Å². The highest BCUT2D eigenvalue weighted by Gasteiger charge is 2.14. The molecule has 0 aliphatic carbocycles. The number of rotatable bonds is 5. The van der Waals surface area contributed by atoms with Crippen molar-refractivity contribution in [3.05, 3.63) is 42.0 Å². The maximum Gasteiger partial charge on any atom is 0.338 e. The third-order valence-electron chi connectivity index (χ3n) is 2.82. The molecule has 0 N–H and O–H groups in total. The molecule has 0 fully saturated rings. The minimum absolute atomic E-state index is 0.276. The summed E-state index contributed by atoms with van der Waals surface area (Å²) in [4.78, 5) is 15.9. The van der Waals surface area contributed by atoms with Crippen LogP contribution < -0.4 is 0 Å². The molecular weight excluding hydrogens is 258 g/mol. The Labute approximate surface area is 117 Å². The first kappa shape index (κ1) is 14.2. The molecule has 1 aromatic heterocycles. The Morgan fingerprint density at radius 2 is 2.25 bits per heavy atom. The highest BCUT2D eigenvalue weighted by molar-refractivity contribution is 5.91. The predicted molar refractivity (Wildman–Crippen MR) is 72.8 cm³/mol. The molecule has 0 aliphatic rings. The predicted octanol–water partition coefficient (Wildman–Crippen LogP) is 1.77. The van der Waals surface area contributed by atoms with Crippen molar-refractivity contribution in [2.45, 2.75) is 20.0 Å². The number of nitrogens with zero attached hydrogens (tertiary/aromatic N) is 3. The van der Waals surface area contributed by atoms with Crippen LogP contribution in [0.4, 0.5) is 0 Å². The number of hydrogen-bond donors (Lipinski definition) is 0. The lowest BCUT2D eigenvalue weighted by Crippen LogP contribution is -2.20. The minimum atomic E-state index is -0.350. The fourth-order valence-electron chi connectivity index (χ4n) is 1.88. The topological polar surface area (TPSA) is 66.2 Å². The molecule has 20 heavy (non-hydrogen) atoms. The molecule has 0 saturated carbocycles. The number of aryl methyl sites for hydroxylation is 1. The summed E-state index contributed by atoms with van der Waals surface area (Å²) in [6.45, 7) is 4.03. The van der Waals surface area contributed by atoms with E-state index in [1.165, 1.54) is 6.33 Å². The zero-order chi connectivity index (χ0) is 14.5. The number of esters is 1. The second-order valence-corrected chi connectivity index (χ2v) is 4.51. The maximum absolute atomic E-state index is 12.0. The fraction of sp³-hybridized carbons (Fsp3) is 0.357. The zero-order valence-electron chi connectivity index (χ0n) is 11.7. The molecule has 2 aromatic rings. The van der Waals surface area contributed by atoms with Gasteiger partial charge in [0, 0.05) is 7.11 Å². The van der Waals surface area contributed by atoms with Gasteiger partial charge in [-0.15, -0.1) is 0 Å². The Kier molecular flexibility index (Phi) is 4.47. The molecule has 0 amide bonds. The minimum Gasteiger partial charge on any atom is -0.457 e. The van der Waals surface area contributed by atoms with Crippen LogP contribution >= 0.6 is 0 Å². The van der Waals surface area contributed by atoms with Crippen LogP contribution in [0.2, 0.25) is 0 Å². The molecule has 0 radical (unpaired) electrons. The maximum atomic E-state index is 12.0. The lowest BCUT2D eigenvalue weighted by Gasteiger charge is -2.13. The molecule has 106 valence electrons. The molecular formula is C14H17N3O3. The average molecular weight is 275 g/mol. The first-order valence-corrected chi connectivity index (χ1v) is 6.27. The van der Waals surface area contributed by atoms with Gasteiger partial charge in [-0.05, 0) is 37.6 Å². The van der Waals surface area contributed by atoms with E-state index in [0.29, 0.717) is 12.2 Å². The van der Waals surface area contributed by atoms with Gasteiger partial charge in [-0.25, -0.2) is 14.5 Å². The number of ether oxygens (including phenoxy) is 2. The van der Waals surface area contributed by atoms with Crippen LogP contribution in [0.1, 0.15) is 22.8 Å². The van der Waals surface area contributed by atoms with Crippen LogP contribution in [0.15, 0.2) is 30.9 Å². The first-order chi connectivity index (χ1) is 9.61. The summed E-state index contributed by atoms with van der Waals surface area (Å²) >= 11 is 0. The Balaban J connectivity index is 2.15. The number of hydrogen-bond acceptors (Lipinski definition) is 5. The van der Waals surface area contributed by atoms with E-state index in [-0.39, 0.29) is 12.1 Å². The van der Waals surface area contributed by atoms with Crippen molar-refractivity contribution in [1.82, 2.24) is 14.8 Å². The van der Waals surface area contributed by atoms with Crippen molar-refractivity contribution in [3.8, 4) is 5.69 Å². The standard InChI is InChI=1S/C14H17N3O3/c1-10-6-12(17-9-15-8-16-17)4-5-13(10)14(18)20-11(2)7-19-3/h4-6,8-9,11H,7H2,1-3H3/t11-/m0/s1. The zero-order valence-corrected chi connectivity index (χ0v) is 11.7. The second kappa shape index (κ2) is 6.29. The van der Waals surface area contributed by atoms with Crippen molar-refractivity contribution in [1.29, 1.82) is 0 Å². The summed E-state index contributed by atoms with van der Waals surface area (Å²) in [5.74, 6) is -0.350. The van der Waals surface area contributed by atoms with Gasteiger partial charge in [-0.1, -0.05) is 0 Å². The van der Waals surface area contributed by atoms with Crippen LogP contribution in [0, 0.1) is 6.92 Å². The van der Waals surface area contributed by atoms with Crippen LogP contribution in [-0.4, -0.2) is 40.6 Å². The van der Waals surface area contributed by atoms with E-state index in [4.69, 9.17) is 9.47 Å². The summed E-state index contributed by atoms with van der Waals surface area (Å²) < 4.78 is 11.9. The molecule has 0 unspecified atom stereocenters. The third-order valence-corrected chi connectivity index (χ3v) is 2.82. The van der Waals surface area contributed by atoms with Gasteiger partial charge in [-0.2, -0.15) is 5.10 Å². The van der Waals surface area contributed by atoms with Gasteiger partial charge in [0.15, 0.2) is 0 Å². The van der Waals surface area contributed by atoms with Gasteiger partial charge in [-0.3, -0.25) is 0 Å². The van der Waals surface area contributed by atoms with Gasteiger partial charge < -0.3 is 9.47 Å². The molecule has 1 atom stereocenters. The molecule has 1 aromatic carbocycles. The van der Waals surface area contributed by atoms with Crippen LogP contribution in [0.3, 0.4) is 0 Å². The van der Waals surface area contributed by atoms with E-state index < -0.39 is 0 Å². The first-order valence-electron chi connectivity index (χ1n) is 6.27. The Morgan fingerprint density at radius 1 is 1.45 bits per heavy atom. The smallest absolute Gasteiger partial charge is 0.338 e. The molecule has 2 rings (SSSR count). The fourth-order valence-corrected chi connectivity index (χ4v) is 1.88. The third kappa shape index (κ3) is 3.21. The Hall–Kier alpha value is -2.21. The number of carbonyl (C=O) groups excluding carboxylic acids is 1. The molecule has 6 heteroatoms. The highest BCUT2D eigenvalue weighted by Crippen LogP contribution is 2.15. The van der Waals surface area contributed by atoms with Gasteiger partial charge in [0.2, 0.25) is 0 Å². The van der Waals surface area contributed by atoms with E-state index in [1.54, 1.807) is 37.2 Å². The van der Waals surface area contributed by atoms with Crippen LogP contribution in [0.5, 0.6) is 0 Å². The van der Waals surface area contributed by atoms with E-state index in [2.05, 4.69) is 10.1 Å². The van der Waals surface area contributed by atoms with Crippen molar-refractivity contribution in [2.24, 2.45) is 0 Å². The van der Waals surface area contributed by atoms with E-state index >= 15 is 0 Å². The number of methoxy groups -OCH3 is 1. The average Bonchev–Trinajstić information content (AvgIpc) is 2.92.